The molecule has 0 amide bonds. The third kappa shape index (κ3) is 10.7. The lowest BCUT2D eigenvalue weighted by Crippen LogP contribution is -2.08. The maximum absolute atomic E-state index is 10.4. The van der Waals surface area contributed by atoms with Crippen molar-refractivity contribution in [2.24, 2.45) is 0 Å². The zero-order chi connectivity index (χ0) is 5.21. The van der Waals surface area contributed by atoms with Gasteiger partial charge in [0.1, 0.15) is 0 Å². The monoisotopic (exact) mass is 230 g/mol. The van der Waals surface area contributed by atoms with Gasteiger partial charge in [0, 0.05) is 0 Å². The molecule has 0 aromatic rings. The smallest absolute Gasteiger partial charge is 0.241 e. The van der Waals surface area contributed by atoms with E-state index in [0.29, 0.717) is 0 Å². The molecule has 0 spiro atoms. The molecule has 0 aromatic carbocycles. The summed E-state index contributed by atoms with van der Waals surface area (Å²) in [5.41, 5.74) is 0. The van der Waals surface area contributed by atoms with Crippen LogP contribution in [0.25, 0.3) is 0 Å². The van der Waals surface area contributed by atoms with Gasteiger partial charge in [-0.05, 0) is 0 Å². The zero-order valence-electron chi connectivity index (χ0n) is 3.13. The van der Waals surface area contributed by atoms with Gasteiger partial charge in [-0.15, -0.1) is 24.0 Å². The van der Waals surface area contributed by atoms with Crippen molar-refractivity contribution in [1.29, 1.82) is 0 Å². The molecule has 46 valence electrons. The number of hydrogen-bond donors (Lipinski definition) is 0. The van der Waals surface area contributed by atoms with Gasteiger partial charge in [-0.3, -0.25) is 0 Å². The van der Waals surface area contributed by atoms with E-state index in [4.69, 9.17) is 0 Å². The Labute approximate surface area is 54.9 Å². The van der Waals surface area contributed by atoms with E-state index in [2.05, 4.69) is 0 Å². The Balaban J connectivity index is 0. The van der Waals surface area contributed by atoms with Gasteiger partial charge in [0.05, 0.1) is 0 Å². The molecule has 5 heteroatoms. The molecule has 0 fully saturated rings. The highest BCUT2D eigenvalue weighted by atomic mass is 127. The average Bonchev–Trinajstić information content (AvgIpc) is 1.35. The quantitative estimate of drug-likeness (QED) is 0.441. The average molecular weight is 230 g/mol. The molecule has 0 nitrogen and oxygen atoms in total. The van der Waals surface area contributed by atoms with Crippen LogP contribution >= 0.6 is 24.0 Å². The van der Waals surface area contributed by atoms with Crippen molar-refractivity contribution < 1.29 is 17.6 Å². The van der Waals surface area contributed by atoms with Crippen molar-refractivity contribution in [1.82, 2.24) is 0 Å². The summed E-state index contributed by atoms with van der Waals surface area (Å²) in [5.74, 6) is 0. The van der Waals surface area contributed by atoms with Gasteiger partial charge in [-0.25, -0.2) is 4.39 Å². The van der Waals surface area contributed by atoms with Crippen LogP contribution in [0.3, 0.4) is 0 Å². The van der Waals surface area contributed by atoms with Gasteiger partial charge < -0.3 is 0 Å². The van der Waals surface area contributed by atoms with Crippen molar-refractivity contribution >= 4 is 24.0 Å². The molecule has 0 atom stereocenters. The van der Waals surface area contributed by atoms with Crippen molar-refractivity contribution in [2.75, 3.05) is 6.67 Å². The number of alkyl halides is 4. The SMILES string of the molecule is FCC(F)(F)F.I. The number of halogens is 5. The van der Waals surface area contributed by atoms with E-state index in [1.54, 1.807) is 0 Å². The Morgan fingerprint density at radius 3 is 1.29 bits per heavy atom. The summed E-state index contributed by atoms with van der Waals surface area (Å²) in [6.07, 6.45) is -4.62. The lowest BCUT2D eigenvalue weighted by Gasteiger charge is -1.93. The Hall–Kier alpha value is 0.450. The second-order valence-electron chi connectivity index (χ2n) is 0.749. The molecule has 0 radical (unpaired) electrons. The highest BCUT2D eigenvalue weighted by Crippen LogP contribution is 2.13. The van der Waals surface area contributed by atoms with E-state index in [9.17, 15) is 17.6 Å². The van der Waals surface area contributed by atoms with E-state index >= 15 is 0 Å². The van der Waals surface area contributed by atoms with Crippen LogP contribution in [0.15, 0.2) is 0 Å². The molecule has 0 bridgehead atoms. The van der Waals surface area contributed by atoms with E-state index in [-0.39, 0.29) is 24.0 Å². The first-order valence-corrected chi connectivity index (χ1v) is 1.19. The first-order chi connectivity index (χ1) is 2.56. The molecule has 0 rings (SSSR count). The Morgan fingerprint density at radius 2 is 1.29 bits per heavy atom. The highest BCUT2D eigenvalue weighted by Gasteiger charge is 2.26. The van der Waals surface area contributed by atoms with Crippen molar-refractivity contribution in [3.8, 4) is 0 Å². The van der Waals surface area contributed by atoms with E-state index in [1.165, 1.54) is 0 Å². The van der Waals surface area contributed by atoms with Gasteiger partial charge in [0.15, 0.2) is 6.67 Å². The van der Waals surface area contributed by atoms with Gasteiger partial charge in [0.2, 0.25) is 0 Å². The fourth-order valence-corrected chi connectivity index (χ4v) is 0. The standard InChI is InChI=1S/C2H2F4.HI/c3-1-2(4,5)6;/h1H2;1H. The predicted molar refractivity (Wildman–Crippen MR) is 27.4 cm³/mol. The van der Waals surface area contributed by atoms with E-state index < -0.39 is 12.9 Å². The van der Waals surface area contributed by atoms with Crippen LogP contribution in [-0.2, 0) is 0 Å². The Morgan fingerprint density at radius 1 is 1.14 bits per heavy atom. The zero-order valence-corrected chi connectivity index (χ0v) is 5.46. The second-order valence-corrected chi connectivity index (χ2v) is 0.749. The van der Waals surface area contributed by atoms with Gasteiger partial charge in [-0.1, -0.05) is 0 Å². The molecule has 0 saturated heterocycles. The Kier molecular flexibility index (Phi) is 5.15. The first kappa shape index (κ1) is 10.4. The first-order valence-electron chi connectivity index (χ1n) is 1.19. The molecule has 0 aliphatic heterocycles. The molecule has 0 aliphatic carbocycles. The van der Waals surface area contributed by atoms with Crippen LogP contribution < -0.4 is 0 Å². The van der Waals surface area contributed by atoms with E-state index in [0.717, 1.165) is 0 Å². The van der Waals surface area contributed by atoms with E-state index in [1.807, 2.05) is 0 Å². The van der Waals surface area contributed by atoms with Gasteiger partial charge >= 0.3 is 6.18 Å². The summed E-state index contributed by atoms with van der Waals surface area (Å²) in [7, 11) is 0. The maximum atomic E-state index is 10.4. The second kappa shape index (κ2) is 3.45. The lowest BCUT2D eigenvalue weighted by atomic mass is 10.8. The summed E-state index contributed by atoms with van der Waals surface area (Å²) in [4.78, 5) is 0. The summed E-state index contributed by atoms with van der Waals surface area (Å²) in [5, 5.41) is 0. The van der Waals surface area contributed by atoms with Crippen LogP contribution in [0.4, 0.5) is 17.6 Å². The van der Waals surface area contributed by atoms with Crippen LogP contribution in [0.1, 0.15) is 0 Å². The van der Waals surface area contributed by atoms with Crippen LogP contribution in [0, 0.1) is 0 Å². The molecule has 0 heterocycles. The minimum atomic E-state index is -4.62. The van der Waals surface area contributed by atoms with Crippen LogP contribution in [-0.4, -0.2) is 12.9 Å². The molecule has 0 aromatic heterocycles. The Bertz CT molecular complexity index is 39.4. The summed E-state index contributed by atoms with van der Waals surface area (Å²) in [6.45, 7) is -2.23. The van der Waals surface area contributed by atoms with Crippen LogP contribution in [0.5, 0.6) is 0 Å². The highest BCUT2D eigenvalue weighted by molar-refractivity contribution is 14.0. The summed E-state index contributed by atoms with van der Waals surface area (Å²) in [6, 6.07) is 0. The minimum Gasteiger partial charge on any atom is -0.241 e. The molecular formula is C2H3F4I. The minimum absolute atomic E-state index is 0. The number of hydrogen-bond acceptors (Lipinski definition) is 0. The third-order valence-electron chi connectivity index (χ3n) is 0.152. The molecule has 0 unspecified atom stereocenters. The molecule has 7 heavy (non-hydrogen) atoms. The topological polar surface area (TPSA) is 0 Å². The lowest BCUT2D eigenvalue weighted by molar-refractivity contribution is -0.142. The maximum Gasteiger partial charge on any atom is 0.416 e. The van der Waals surface area contributed by atoms with Crippen molar-refractivity contribution in [3.63, 3.8) is 0 Å². The largest absolute Gasteiger partial charge is 0.416 e. The summed E-state index contributed by atoms with van der Waals surface area (Å²) < 4.78 is 41.6. The van der Waals surface area contributed by atoms with Crippen molar-refractivity contribution in [2.45, 2.75) is 6.18 Å². The third-order valence-corrected chi connectivity index (χ3v) is 0.152. The van der Waals surface area contributed by atoms with Gasteiger partial charge in [-0.2, -0.15) is 13.2 Å². The molecule has 0 aliphatic rings. The fraction of sp³-hybridized carbons (Fsp3) is 1.00. The number of rotatable bonds is 0. The molecule has 0 N–H and O–H groups in total. The van der Waals surface area contributed by atoms with Gasteiger partial charge in [0.25, 0.3) is 0 Å². The van der Waals surface area contributed by atoms with Crippen molar-refractivity contribution in [3.05, 3.63) is 0 Å². The summed E-state index contributed by atoms with van der Waals surface area (Å²) >= 11 is 0. The van der Waals surface area contributed by atoms with Crippen LogP contribution in [0.2, 0.25) is 0 Å². The molecule has 0 saturated carbocycles. The normalized spacial score (nSPS) is 10.3. The molecular weight excluding hydrogens is 227 g/mol. The fourth-order valence-electron chi connectivity index (χ4n) is 0. The predicted octanol–water partition coefficient (Wildman–Crippen LogP) is 2.14.